The van der Waals surface area contributed by atoms with Crippen molar-refractivity contribution in [3.05, 3.63) is 54.0 Å². The van der Waals surface area contributed by atoms with E-state index in [1.807, 2.05) is 49.2 Å². The Morgan fingerprint density at radius 1 is 1.21 bits per heavy atom. The molecule has 1 aromatic carbocycles. The molecule has 0 atom stereocenters. The van der Waals surface area contributed by atoms with E-state index in [0.717, 1.165) is 30.9 Å². The van der Waals surface area contributed by atoms with Crippen molar-refractivity contribution in [2.24, 2.45) is 7.05 Å². The number of phenolic OH excluding ortho intramolecular Hbond substituents is 1. The van der Waals surface area contributed by atoms with E-state index in [1.54, 1.807) is 12.1 Å². The van der Waals surface area contributed by atoms with Gasteiger partial charge >= 0.3 is 0 Å². The van der Waals surface area contributed by atoms with Crippen LogP contribution in [0.15, 0.2) is 42.7 Å². The third-order valence-electron chi connectivity index (χ3n) is 3.71. The van der Waals surface area contributed by atoms with Gasteiger partial charge in [0.05, 0.1) is 11.8 Å². The Morgan fingerprint density at radius 3 is 2.79 bits per heavy atom. The summed E-state index contributed by atoms with van der Waals surface area (Å²) in [7, 11) is 1.92. The lowest BCUT2D eigenvalue weighted by Crippen LogP contribution is -2.06. The maximum absolute atomic E-state index is 9.98. The predicted molar refractivity (Wildman–Crippen MR) is 93.9 cm³/mol. The quantitative estimate of drug-likeness (QED) is 0.682. The molecule has 0 spiro atoms. The highest BCUT2D eigenvalue weighted by atomic mass is 16.3. The molecule has 0 saturated carbocycles. The maximum atomic E-state index is 9.98. The van der Waals surface area contributed by atoms with Gasteiger partial charge in [-0.1, -0.05) is 12.1 Å². The largest absolute Gasteiger partial charge is 0.507 e. The molecule has 0 unspecified atom stereocenters. The second-order valence-electron chi connectivity index (χ2n) is 5.79. The van der Waals surface area contributed by atoms with Crippen molar-refractivity contribution in [2.45, 2.75) is 19.8 Å². The van der Waals surface area contributed by atoms with Gasteiger partial charge in [-0.2, -0.15) is 5.10 Å². The lowest BCUT2D eigenvalue weighted by Gasteiger charge is -2.09. The number of para-hydroxylation sites is 1. The van der Waals surface area contributed by atoms with Gasteiger partial charge in [0.1, 0.15) is 11.6 Å². The maximum Gasteiger partial charge on any atom is 0.165 e. The second kappa shape index (κ2) is 7.12. The lowest BCUT2D eigenvalue weighted by molar-refractivity contribution is 0.477. The van der Waals surface area contributed by atoms with Crippen molar-refractivity contribution in [2.75, 3.05) is 11.9 Å². The smallest absolute Gasteiger partial charge is 0.165 e. The third kappa shape index (κ3) is 3.90. The molecule has 2 heterocycles. The number of hydrogen-bond donors (Lipinski definition) is 2. The van der Waals surface area contributed by atoms with Crippen LogP contribution in [-0.2, 0) is 13.5 Å². The third-order valence-corrected chi connectivity index (χ3v) is 3.71. The van der Waals surface area contributed by atoms with Gasteiger partial charge in [0.25, 0.3) is 0 Å². The molecule has 0 saturated heterocycles. The molecule has 2 N–H and O–H groups in total. The SMILES string of the molecule is Cc1cc(NCCCc2cnn(C)c2)nc(-c2ccccc2O)n1. The van der Waals surface area contributed by atoms with Gasteiger partial charge in [-0.25, -0.2) is 9.97 Å². The summed E-state index contributed by atoms with van der Waals surface area (Å²) >= 11 is 0. The van der Waals surface area contributed by atoms with E-state index in [9.17, 15) is 5.11 Å². The summed E-state index contributed by atoms with van der Waals surface area (Å²) < 4.78 is 1.81. The number of aromatic hydroxyl groups is 1. The second-order valence-corrected chi connectivity index (χ2v) is 5.79. The van der Waals surface area contributed by atoms with Crippen LogP contribution in [0.25, 0.3) is 11.4 Å². The van der Waals surface area contributed by atoms with E-state index in [4.69, 9.17) is 0 Å². The van der Waals surface area contributed by atoms with Crippen molar-refractivity contribution in [1.29, 1.82) is 0 Å². The molecule has 124 valence electrons. The number of benzene rings is 1. The monoisotopic (exact) mass is 323 g/mol. The molecule has 2 aromatic heterocycles. The molecule has 0 fully saturated rings. The minimum atomic E-state index is 0.186. The molecule has 0 aliphatic heterocycles. The molecular weight excluding hydrogens is 302 g/mol. The summed E-state index contributed by atoms with van der Waals surface area (Å²) in [6, 6.07) is 9.01. The van der Waals surface area contributed by atoms with Crippen molar-refractivity contribution >= 4 is 5.82 Å². The van der Waals surface area contributed by atoms with E-state index in [2.05, 4.69) is 20.4 Å². The Morgan fingerprint density at radius 2 is 2.04 bits per heavy atom. The highest BCUT2D eigenvalue weighted by molar-refractivity contribution is 5.64. The van der Waals surface area contributed by atoms with Gasteiger partial charge in [-0.15, -0.1) is 0 Å². The first kappa shape index (κ1) is 16.0. The normalized spacial score (nSPS) is 10.8. The number of aromatic nitrogens is 4. The number of aryl methyl sites for hydroxylation is 3. The van der Waals surface area contributed by atoms with Crippen molar-refractivity contribution < 1.29 is 5.11 Å². The van der Waals surface area contributed by atoms with Gasteiger partial charge in [0.15, 0.2) is 5.82 Å². The molecule has 3 rings (SSSR count). The average Bonchev–Trinajstić information content (AvgIpc) is 2.97. The molecule has 6 nitrogen and oxygen atoms in total. The molecule has 0 amide bonds. The van der Waals surface area contributed by atoms with Crippen LogP contribution in [0.1, 0.15) is 17.7 Å². The van der Waals surface area contributed by atoms with Crippen LogP contribution >= 0.6 is 0 Å². The fraction of sp³-hybridized carbons (Fsp3) is 0.278. The van der Waals surface area contributed by atoms with Crippen molar-refractivity contribution in [1.82, 2.24) is 19.7 Å². The van der Waals surface area contributed by atoms with E-state index in [1.165, 1.54) is 5.56 Å². The lowest BCUT2D eigenvalue weighted by atomic mass is 10.2. The van der Waals surface area contributed by atoms with Crippen LogP contribution in [0, 0.1) is 6.92 Å². The Balaban J connectivity index is 1.65. The fourth-order valence-corrected chi connectivity index (χ4v) is 2.55. The summed E-state index contributed by atoms with van der Waals surface area (Å²) in [5, 5.41) is 17.5. The minimum absolute atomic E-state index is 0.186. The number of hydrogen-bond acceptors (Lipinski definition) is 5. The average molecular weight is 323 g/mol. The molecule has 3 aromatic rings. The number of anilines is 1. The summed E-state index contributed by atoms with van der Waals surface area (Å²) in [5.41, 5.74) is 2.73. The Kier molecular flexibility index (Phi) is 4.74. The van der Waals surface area contributed by atoms with Gasteiger partial charge in [-0.05, 0) is 37.5 Å². The summed E-state index contributed by atoms with van der Waals surface area (Å²) in [5.74, 6) is 1.49. The van der Waals surface area contributed by atoms with E-state index in [0.29, 0.717) is 11.4 Å². The zero-order chi connectivity index (χ0) is 16.9. The molecule has 0 aliphatic carbocycles. The Bertz CT molecular complexity index is 828. The van der Waals surface area contributed by atoms with Crippen LogP contribution in [0.2, 0.25) is 0 Å². The molecule has 24 heavy (non-hydrogen) atoms. The molecule has 6 heteroatoms. The van der Waals surface area contributed by atoms with Crippen LogP contribution in [0.3, 0.4) is 0 Å². The summed E-state index contributed by atoms with van der Waals surface area (Å²) in [6.07, 6.45) is 5.88. The fourth-order valence-electron chi connectivity index (χ4n) is 2.55. The first-order chi connectivity index (χ1) is 11.6. The molecule has 0 aliphatic rings. The van der Waals surface area contributed by atoms with Crippen molar-refractivity contribution in [3.8, 4) is 17.1 Å². The van der Waals surface area contributed by atoms with Gasteiger partial charge in [0, 0.05) is 31.5 Å². The number of phenols is 1. The van der Waals surface area contributed by atoms with E-state index < -0.39 is 0 Å². The zero-order valence-corrected chi connectivity index (χ0v) is 13.9. The molecule has 0 bridgehead atoms. The highest BCUT2D eigenvalue weighted by Gasteiger charge is 2.08. The van der Waals surface area contributed by atoms with E-state index >= 15 is 0 Å². The first-order valence-corrected chi connectivity index (χ1v) is 7.97. The standard InChI is InChI=1S/C18H21N5O/c1-13-10-17(19-9-5-6-14-11-20-23(2)12-14)22-18(21-13)15-7-3-4-8-16(15)24/h3-4,7-8,10-12,24H,5-6,9H2,1-2H3,(H,19,21,22). The molecule has 0 radical (unpaired) electrons. The minimum Gasteiger partial charge on any atom is -0.507 e. The van der Waals surface area contributed by atoms with Crippen LogP contribution in [0.5, 0.6) is 5.75 Å². The first-order valence-electron chi connectivity index (χ1n) is 7.97. The van der Waals surface area contributed by atoms with Gasteiger partial charge in [-0.3, -0.25) is 4.68 Å². The number of nitrogens with zero attached hydrogens (tertiary/aromatic N) is 4. The Labute approximate surface area is 141 Å². The number of rotatable bonds is 6. The highest BCUT2D eigenvalue weighted by Crippen LogP contribution is 2.26. The van der Waals surface area contributed by atoms with Crippen LogP contribution < -0.4 is 5.32 Å². The topological polar surface area (TPSA) is 75.9 Å². The van der Waals surface area contributed by atoms with E-state index in [-0.39, 0.29) is 5.75 Å². The zero-order valence-electron chi connectivity index (χ0n) is 13.9. The van der Waals surface area contributed by atoms with Crippen LogP contribution in [-0.4, -0.2) is 31.4 Å². The van der Waals surface area contributed by atoms with Crippen molar-refractivity contribution in [3.63, 3.8) is 0 Å². The van der Waals surface area contributed by atoms with Gasteiger partial charge < -0.3 is 10.4 Å². The number of nitrogens with one attached hydrogen (secondary N) is 1. The summed E-state index contributed by atoms with van der Waals surface area (Å²) in [6.45, 7) is 2.73. The van der Waals surface area contributed by atoms with Gasteiger partial charge in [0.2, 0.25) is 0 Å². The molecular formula is C18H21N5O. The van der Waals surface area contributed by atoms with Crippen LogP contribution in [0.4, 0.5) is 5.82 Å². The predicted octanol–water partition coefficient (Wildman–Crippen LogP) is 2.94. The Hall–Kier alpha value is -2.89. The summed E-state index contributed by atoms with van der Waals surface area (Å²) in [4.78, 5) is 8.94.